The summed E-state index contributed by atoms with van der Waals surface area (Å²) in [6, 6.07) is 3.73. The summed E-state index contributed by atoms with van der Waals surface area (Å²) in [4.78, 5) is 131. The number of para-hydroxylation sites is 1. The molecular formula is C72H77Cl2N9O26. The molecule has 580 valence electrons. The average Bonchev–Trinajstić information content (AvgIpc) is 0.766. The molecule has 6 aromatic rings. The number of amides is 7. The molecule has 22 N–H and O–H groups in total. The Hall–Kier alpha value is -10.7. The Labute approximate surface area is 628 Å². The van der Waals surface area contributed by atoms with Crippen molar-refractivity contribution in [2.24, 2.45) is 17.4 Å². The number of carboxylic acids is 2. The smallest absolute Gasteiger partial charge is 0.337 e. The molecule has 7 aliphatic heterocycles. The number of carbonyl (C=O) groups is 9. The van der Waals surface area contributed by atoms with Crippen molar-refractivity contribution < 1.29 is 128 Å². The van der Waals surface area contributed by atoms with Crippen molar-refractivity contribution in [1.82, 2.24) is 31.9 Å². The van der Waals surface area contributed by atoms with E-state index in [2.05, 4.69) is 37.2 Å². The number of phenolic OH excluding ortho intramolecular Hbond substituents is 3. The Morgan fingerprint density at radius 1 is 0.688 bits per heavy atom. The van der Waals surface area contributed by atoms with Gasteiger partial charge in [-0.15, -0.1) is 0 Å². The topological polar surface area (TPSA) is 568 Å². The number of hydrogen-bond acceptors (Lipinski definition) is 26. The monoisotopic (exact) mass is 1550 g/mol. The summed E-state index contributed by atoms with van der Waals surface area (Å²) < 4.78 is 38.4. The molecule has 18 atom stereocenters. The zero-order valence-electron chi connectivity index (χ0n) is 58.0. The van der Waals surface area contributed by atoms with E-state index in [1.165, 1.54) is 44.2 Å². The predicted molar refractivity (Wildman–Crippen MR) is 377 cm³/mol. The molecule has 0 spiro atoms. The first kappa shape index (κ1) is 79.4. The predicted octanol–water partition coefficient (Wildman–Crippen LogP) is 1.70. The minimum Gasteiger partial charge on any atom is -0.508 e. The number of aliphatic carboxylic acids is 1. The molecule has 6 aromatic carbocycles. The molecule has 2 fully saturated rings. The minimum atomic E-state index is -2.41. The second-order valence-electron chi connectivity index (χ2n) is 27.4. The number of phenols is 3. The van der Waals surface area contributed by atoms with Crippen molar-refractivity contribution in [3.8, 4) is 57.1 Å². The van der Waals surface area contributed by atoms with Gasteiger partial charge in [0.05, 0.1) is 40.8 Å². The minimum absolute atomic E-state index is 0.0273. The number of carbonyl (C=O) groups excluding carboxylic acids is 7. The number of aliphatic hydroxyl groups is 6. The first-order valence-electron chi connectivity index (χ1n) is 33.9. The Morgan fingerprint density at radius 2 is 1.30 bits per heavy atom. The molecule has 0 unspecified atom stereocenters. The largest absolute Gasteiger partial charge is 0.508 e. The van der Waals surface area contributed by atoms with E-state index in [0.717, 1.165) is 72.8 Å². The van der Waals surface area contributed by atoms with E-state index in [0.29, 0.717) is 0 Å². The third kappa shape index (κ3) is 17.0. The van der Waals surface area contributed by atoms with Crippen LogP contribution in [0.1, 0.15) is 115 Å². The number of benzene rings is 6. The Morgan fingerprint density at radius 3 is 1.91 bits per heavy atom. The van der Waals surface area contributed by atoms with Gasteiger partial charge in [0.15, 0.2) is 29.9 Å². The fraction of sp³-hybridized carbons (Fsp3) is 0.375. The fourth-order valence-electron chi connectivity index (χ4n) is 13.4. The lowest BCUT2D eigenvalue weighted by Gasteiger charge is -2.47. The second kappa shape index (κ2) is 32.3. The third-order valence-corrected chi connectivity index (χ3v) is 19.5. The van der Waals surface area contributed by atoms with E-state index in [-0.39, 0.29) is 46.7 Å². The van der Waals surface area contributed by atoms with Crippen molar-refractivity contribution in [1.29, 1.82) is 0 Å². The lowest BCUT2D eigenvalue weighted by Crippen LogP contribution is -2.64. The van der Waals surface area contributed by atoms with E-state index >= 15 is 19.2 Å². The maximum atomic E-state index is 16.1. The van der Waals surface area contributed by atoms with Gasteiger partial charge in [-0.05, 0) is 115 Å². The SMILES string of the molecule is CC(C)C[C@@H](Nc1ccccc1C(=O)O)C(=O)N[C@H]1C(=O)N[C@@H](CC(N)=O)C(=O)N[C@H]2C(=O)N[C@H]3C(=O)N[C@H](C(=O)N[C@H](C(=O)O)c4cc(O)cc(O)c4-c4cc3ccc4O)[C@H](O)c3ccc(c(Cl)c3)Oc3cc2cc(c3O[C@@H]2O[C@H](CO)[C@@H](O)[C@H](O)[C@H]2O[C@H]2C[C@](C)(N)[C@H](O)[C@H](C)O2)Oc2ccc(cc2Cl)[C@H]1O. The normalized spacial score (nSPS) is 28.0. The molecule has 0 radical (unpaired) electrons. The van der Waals surface area contributed by atoms with Gasteiger partial charge in [0.25, 0.3) is 0 Å². The molecule has 109 heavy (non-hydrogen) atoms. The van der Waals surface area contributed by atoms with Gasteiger partial charge in [-0.25, -0.2) is 9.59 Å². The van der Waals surface area contributed by atoms with Crippen LogP contribution in [0, 0.1) is 5.92 Å². The highest BCUT2D eigenvalue weighted by molar-refractivity contribution is 6.32. The number of fused-ring (bicyclic) bond motifs is 15. The van der Waals surface area contributed by atoms with Crippen LogP contribution in [0.3, 0.4) is 0 Å². The standard InChI is InChI=1S/C72H77Cl2N9O26/c1-26(2)15-39(77-38-8-6-5-7-33(38)69(100)101)63(94)82-54-56(89)29-10-13-43(36(73)17-29)105-45-19-31-20-46(60(45)109-71-61(59(92)58(91)47(25-84)107-71)108-49-24-72(4,76)62(93)27(3)104-49)106-44-14-11-30(18-37(44)74)57(90)55-68(99)81-53(70(102)103)35-21-32(85)22-42(87)50(35)34-16-28(9-12-41(34)86)51(65(96)83-55)80-66(97)52(31)79-64(95)40(23-48(75)88)78-67(54)98/h5-14,16-22,26-27,39-40,47,49,51-59,61-62,71,77,84-87,89-93H,15,23-25,76H2,1-4H3,(H2,75,88)(H,78,98)(H,79,95)(H,80,97)(H,81,99)(H,82,94)(H,83,96)(H,100,101)(H,102,103)/t27-,39+,40-,47+,49-,51+,52+,53-,54+,55-,56+,57+,58+,59-,61+,62+,71-,72-/m0/s1. The van der Waals surface area contributed by atoms with Gasteiger partial charge in [0.2, 0.25) is 53.4 Å². The molecule has 37 heteroatoms. The summed E-state index contributed by atoms with van der Waals surface area (Å²) in [7, 11) is 0. The summed E-state index contributed by atoms with van der Waals surface area (Å²) >= 11 is 14.2. The van der Waals surface area contributed by atoms with Crippen LogP contribution in [-0.4, -0.2) is 195 Å². The number of ether oxygens (including phenoxy) is 6. The molecule has 11 bridgehead atoms. The second-order valence-corrected chi connectivity index (χ2v) is 28.2. The number of halogens is 2. The van der Waals surface area contributed by atoms with Crippen molar-refractivity contribution in [3.63, 3.8) is 0 Å². The maximum Gasteiger partial charge on any atom is 0.337 e. The number of aromatic carboxylic acids is 1. The number of anilines is 1. The van der Waals surface area contributed by atoms with Gasteiger partial charge in [0, 0.05) is 40.4 Å². The highest BCUT2D eigenvalue weighted by Crippen LogP contribution is 2.50. The van der Waals surface area contributed by atoms with Crippen LogP contribution in [0.2, 0.25) is 10.0 Å². The number of aliphatic hydroxyl groups excluding tert-OH is 6. The van der Waals surface area contributed by atoms with E-state index < -0.39 is 254 Å². The molecule has 7 amide bonds. The summed E-state index contributed by atoms with van der Waals surface area (Å²) in [5, 5.41) is 141. The van der Waals surface area contributed by atoms with Crippen LogP contribution in [-0.2, 0) is 52.6 Å². The van der Waals surface area contributed by atoms with Crippen LogP contribution >= 0.6 is 23.2 Å². The Kier molecular flexibility index (Phi) is 23.5. The van der Waals surface area contributed by atoms with E-state index in [1.807, 2.05) is 0 Å². The van der Waals surface area contributed by atoms with Gasteiger partial charge in [-0.1, -0.05) is 67.4 Å². The van der Waals surface area contributed by atoms with Gasteiger partial charge >= 0.3 is 11.9 Å². The lowest BCUT2D eigenvalue weighted by atomic mass is 9.86. The van der Waals surface area contributed by atoms with Gasteiger partial charge in [-0.2, -0.15) is 0 Å². The van der Waals surface area contributed by atoms with Crippen LogP contribution < -0.4 is 62.9 Å². The van der Waals surface area contributed by atoms with Crippen molar-refractivity contribution in [2.45, 2.75) is 156 Å². The number of hydrogen-bond donors (Lipinski definition) is 20. The molecule has 0 aromatic heterocycles. The average molecular weight is 1560 g/mol. The molecule has 0 aliphatic carbocycles. The van der Waals surface area contributed by atoms with Gasteiger partial charge in [-0.3, -0.25) is 33.6 Å². The summed E-state index contributed by atoms with van der Waals surface area (Å²) in [5.41, 5.74) is 7.52. The number of nitrogens with one attached hydrogen (secondary N) is 7. The number of nitrogens with two attached hydrogens (primary N) is 2. The molecule has 2 saturated heterocycles. The quantitative estimate of drug-likeness (QED) is 0.0695. The molecule has 35 nitrogen and oxygen atoms in total. The van der Waals surface area contributed by atoms with Crippen molar-refractivity contribution in [2.75, 3.05) is 11.9 Å². The zero-order valence-corrected chi connectivity index (χ0v) is 59.5. The molecule has 7 aliphatic rings. The molecule has 13 rings (SSSR count). The van der Waals surface area contributed by atoms with Crippen LogP contribution in [0.4, 0.5) is 5.69 Å². The van der Waals surface area contributed by atoms with Crippen molar-refractivity contribution >= 4 is 82.2 Å². The number of rotatable bonds is 15. The first-order chi connectivity index (χ1) is 51.5. The highest BCUT2D eigenvalue weighted by Gasteiger charge is 2.52. The van der Waals surface area contributed by atoms with E-state index in [1.54, 1.807) is 13.8 Å². The summed E-state index contributed by atoms with van der Waals surface area (Å²) in [5.74, 6) is -18.4. The molecule has 7 heterocycles. The highest BCUT2D eigenvalue weighted by atomic mass is 35.5. The summed E-state index contributed by atoms with van der Waals surface area (Å²) in [6.45, 7) is 5.43. The molecular weight excluding hydrogens is 1480 g/mol. The van der Waals surface area contributed by atoms with Gasteiger partial charge in [0.1, 0.15) is 95.5 Å². The van der Waals surface area contributed by atoms with Gasteiger partial charge < -0.3 is 133 Å². The fourth-order valence-corrected chi connectivity index (χ4v) is 13.8. The summed E-state index contributed by atoms with van der Waals surface area (Å²) in [6.07, 6.45) is -19.3. The zero-order chi connectivity index (χ0) is 79.1. The number of carboxylic acid groups (broad SMARTS) is 2. The first-order valence-corrected chi connectivity index (χ1v) is 34.6. The van der Waals surface area contributed by atoms with Crippen LogP contribution in [0.5, 0.6) is 46.0 Å². The van der Waals surface area contributed by atoms with Crippen LogP contribution in [0.15, 0.2) is 103 Å². The van der Waals surface area contributed by atoms with E-state index in [9.17, 15) is 80.1 Å². The maximum absolute atomic E-state index is 16.1. The van der Waals surface area contributed by atoms with Crippen LogP contribution in [0.25, 0.3) is 11.1 Å². The van der Waals surface area contributed by atoms with Crippen molar-refractivity contribution in [3.05, 3.63) is 147 Å². The Balaban J connectivity index is 1.14. The molecule has 0 saturated carbocycles. The Bertz CT molecular complexity index is 4590. The van der Waals surface area contributed by atoms with E-state index in [4.69, 9.17) is 63.1 Å². The number of primary amides is 1. The third-order valence-electron chi connectivity index (χ3n) is 18.9. The lowest BCUT2D eigenvalue weighted by molar-refractivity contribution is -0.333. The number of aromatic hydroxyl groups is 3.